The van der Waals surface area contributed by atoms with E-state index >= 15 is 0 Å². The molecular weight excluding hydrogens is 398 g/mol. The lowest BCUT2D eigenvalue weighted by Gasteiger charge is -2.33. The van der Waals surface area contributed by atoms with Crippen molar-refractivity contribution >= 4 is 16.8 Å². The number of amides is 1. The van der Waals surface area contributed by atoms with Gasteiger partial charge in [0.15, 0.2) is 0 Å². The molecule has 1 atom stereocenters. The van der Waals surface area contributed by atoms with Crippen molar-refractivity contribution in [1.29, 1.82) is 0 Å². The molecule has 5 rings (SSSR count). The number of aryl methyl sites for hydroxylation is 2. The Morgan fingerprint density at radius 1 is 1.06 bits per heavy atom. The summed E-state index contributed by atoms with van der Waals surface area (Å²) in [5.41, 5.74) is 5.16. The minimum absolute atomic E-state index is 0.0734. The summed E-state index contributed by atoms with van der Waals surface area (Å²) in [5.74, 6) is 0.377. The fourth-order valence-corrected chi connectivity index (χ4v) is 5.21. The molecule has 2 heterocycles. The summed E-state index contributed by atoms with van der Waals surface area (Å²) in [6.07, 6.45) is 2.80. The minimum Gasteiger partial charge on any atom is -0.379 e. The molecule has 5 heteroatoms. The number of morpholine rings is 1. The van der Waals surface area contributed by atoms with Crippen LogP contribution in [0.3, 0.4) is 0 Å². The lowest BCUT2D eigenvalue weighted by Crippen LogP contribution is -2.45. The van der Waals surface area contributed by atoms with Gasteiger partial charge in [0.25, 0.3) is 0 Å². The zero-order valence-corrected chi connectivity index (χ0v) is 19.0. The van der Waals surface area contributed by atoms with Gasteiger partial charge in [-0.3, -0.25) is 9.69 Å². The van der Waals surface area contributed by atoms with Gasteiger partial charge in [-0.15, -0.1) is 0 Å². The van der Waals surface area contributed by atoms with Crippen LogP contribution in [-0.2, 0) is 36.0 Å². The van der Waals surface area contributed by atoms with E-state index < -0.39 is 0 Å². The summed E-state index contributed by atoms with van der Waals surface area (Å²) >= 11 is 0. The lowest BCUT2D eigenvalue weighted by atomic mass is 9.83. The standard InChI is InChI=1S/C27H33N3O2/c1-28-25(19-23-8-4-5-9-26(23)28)20-30(13-12-29-14-16-32-17-15-29)27(31)24-11-10-21-6-2-3-7-22(21)18-24/h2-9,19,24H,10-18,20H2,1H3. The van der Waals surface area contributed by atoms with E-state index in [0.29, 0.717) is 12.5 Å². The monoisotopic (exact) mass is 431 g/mol. The second kappa shape index (κ2) is 9.47. The fraction of sp³-hybridized carbons (Fsp3) is 0.444. The highest BCUT2D eigenvalue weighted by molar-refractivity contribution is 5.82. The maximum Gasteiger partial charge on any atom is 0.226 e. The molecular formula is C27H33N3O2. The van der Waals surface area contributed by atoms with Crippen molar-refractivity contribution in [3.8, 4) is 0 Å². The Labute approximate surface area is 190 Å². The van der Waals surface area contributed by atoms with Gasteiger partial charge in [0.1, 0.15) is 0 Å². The molecule has 1 amide bonds. The lowest BCUT2D eigenvalue weighted by molar-refractivity contribution is -0.137. The second-order valence-electron chi connectivity index (χ2n) is 9.18. The number of para-hydroxylation sites is 1. The molecule has 1 fully saturated rings. The average Bonchev–Trinajstić information content (AvgIpc) is 3.17. The highest BCUT2D eigenvalue weighted by Crippen LogP contribution is 2.28. The molecule has 1 unspecified atom stereocenters. The molecule has 1 aliphatic heterocycles. The van der Waals surface area contributed by atoms with Gasteiger partial charge >= 0.3 is 0 Å². The van der Waals surface area contributed by atoms with Gasteiger partial charge < -0.3 is 14.2 Å². The third kappa shape index (κ3) is 4.45. The highest BCUT2D eigenvalue weighted by atomic mass is 16.5. The Morgan fingerprint density at radius 3 is 2.62 bits per heavy atom. The number of ether oxygens (including phenoxy) is 1. The molecule has 0 spiro atoms. The van der Waals surface area contributed by atoms with Gasteiger partial charge in [-0.05, 0) is 47.9 Å². The first-order chi connectivity index (χ1) is 15.7. The van der Waals surface area contributed by atoms with E-state index in [1.165, 1.54) is 27.7 Å². The van der Waals surface area contributed by atoms with E-state index in [0.717, 1.165) is 58.7 Å². The van der Waals surface area contributed by atoms with E-state index in [-0.39, 0.29) is 5.92 Å². The third-order valence-electron chi connectivity index (χ3n) is 7.20. The van der Waals surface area contributed by atoms with Crippen LogP contribution >= 0.6 is 0 Å². The predicted molar refractivity (Wildman–Crippen MR) is 128 cm³/mol. The predicted octanol–water partition coefficient (Wildman–Crippen LogP) is 3.64. The van der Waals surface area contributed by atoms with Crippen LogP contribution < -0.4 is 0 Å². The van der Waals surface area contributed by atoms with Crippen LogP contribution in [0.15, 0.2) is 54.6 Å². The fourth-order valence-electron chi connectivity index (χ4n) is 5.21. The van der Waals surface area contributed by atoms with Crippen LogP contribution in [-0.4, -0.2) is 59.7 Å². The normalized spacial score (nSPS) is 19.1. The number of rotatable bonds is 6. The Bertz CT molecular complexity index is 1080. The van der Waals surface area contributed by atoms with Crippen molar-refractivity contribution in [3.05, 3.63) is 71.4 Å². The zero-order chi connectivity index (χ0) is 21.9. The molecule has 2 aliphatic rings. The largest absolute Gasteiger partial charge is 0.379 e. The molecule has 0 bridgehead atoms. The second-order valence-corrected chi connectivity index (χ2v) is 9.18. The van der Waals surface area contributed by atoms with Gasteiger partial charge in [0.2, 0.25) is 5.91 Å². The van der Waals surface area contributed by atoms with Crippen molar-refractivity contribution in [3.63, 3.8) is 0 Å². The van der Waals surface area contributed by atoms with Crippen molar-refractivity contribution < 1.29 is 9.53 Å². The molecule has 2 aromatic carbocycles. The first-order valence-electron chi connectivity index (χ1n) is 11.9. The first kappa shape index (κ1) is 21.2. The van der Waals surface area contributed by atoms with Crippen LogP contribution in [0.5, 0.6) is 0 Å². The van der Waals surface area contributed by atoms with E-state index in [1.807, 2.05) is 0 Å². The van der Waals surface area contributed by atoms with E-state index in [9.17, 15) is 4.79 Å². The number of hydrogen-bond acceptors (Lipinski definition) is 3. The summed E-state index contributed by atoms with van der Waals surface area (Å²) in [4.78, 5) is 18.3. The van der Waals surface area contributed by atoms with E-state index in [1.54, 1.807) is 0 Å². The number of hydrogen-bond donors (Lipinski definition) is 0. The van der Waals surface area contributed by atoms with Crippen molar-refractivity contribution in [2.75, 3.05) is 39.4 Å². The molecule has 3 aromatic rings. The van der Waals surface area contributed by atoms with Crippen molar-refractivity contribution in [2.24, 2.45) is 13.0 Å². The molecule has 1 aromatic heterocycles. The summed E-state index contributed by atoms with van der Waals surface area (Å²) in [7, 11) is 2.11. The molecule has 0 saturated carbocycles. The number of benzene rings is 2. The number of aromatic nitrogens is 1. The molecule has 1 saturated heterocycles. The summed E-state index contributed by atoms with van der Waals surface area (Å²) < 4.78 is 7.74. The SMILES string of the molecule is Cn1c(CN(CCN2CCOCC2)C(=O)C2CCc3ccccc3C2)cc2ccccc21. The van der Waals surface area contributed by atoms with Crippen LogP contribution in [0.1, 0.15) is 23.2 Å². The summed E-state index contributed by atoms with van der Waals surface area (Å²) in [6, 6.07) is 19.3. The molecule has 1 aliphatic carbocycles. The minimum atomic E-state index is 0.0734. The number of carbonyl (C=O) groups excluding carboxylic acids is 1. The van der Waals surface area contributed by atoms with Crippen LogP contribution in [0, 0.1) is 5.92 Å². The van der Waals surface area contributed by atoms with E-state index in [2.05, 4.69) is 76.0 Å². The summed E-state index contributed by atoms with van der Waals surface area (Å²) in [5, 5.41) is 1.23. The number of nitrogens with zero attached hydrogens (tertiary/aromatic N) is 3. The maximum absolute atomic E-state index is 13.8. The molecule has 5 nitrogen and oxygen atoms in total. The average molecular weight is 432 g/mol. The molecule has 0 radical (unpaired) electrons. The molecule has 168 valence electrons. The van der Waals surface area contributed by atoms with Crippen molar-refractivity contribution in [2.45, 2.75) is 25.8 Å². The van der Waals surface area contributed by atoms with Gasteiger partial charge in [-0.1, -0.05) is 42.5 Å². The first-order valence-corrected chi connectivity index (χ1v) is 11.9. The topological polar surface area (TPSA) is 37.7 Å². The Morgan fingerprint density at radius 2 is 1.81 bits per heavy atom. The number of carbonyl (C=O) groups is 1. The zero-order valence-electron chi connectivity index (χ0n) is 19.0. The molecule has 0 N–H and O–H groups in total. The van der Waals surface area contributed by atoms with Crippen LogP contribution in [0.2, 0.25) is 0 Å². The van der Waals surface area contributed by atoms with Gasteiger partial charge in [-0.25, -0.2) is 0 Å². The third-order valence-corrected chi connectivity index (χ3v) is 7.20. The Hall–Kier alpha value is -2.63. The Kier molecular flexibility index (Phi) is 6.28. The molecule has 32 heavy (non-hydrogen) atoms. The maximum atomic E-state index is 13.8. The van der Waals surface area contributed by atoms with Gasteiger partial charge in [-0.2, -0.15) is 0 Å². The highest BCUT2D eigenvalue weighted by Gasteiger charge is 2.29. The number of fused-ring (bicyclic) bond motifs is 2. The van der Waals surface area contributed by atoms with E-state index in [4.69, 9.17) is 4.74 Å². The van der Waals surface area contributed by atoms with Crippen LogP contribution in [0.4, 0.5) is 0 Å². The van der Waals surface area contributed by atoms with Gasteiger partial charge in [0.05, 0.1) is 19.8 Å². The van der Waals surface area contributed by atoms with Crippen molar-refractivity contribution in [1.82, 2.24) is 14.4 Å². The van der Waals surface area contributed by atoms with Gasteiger partial charge in [0, 0.05) is 50.4 Å². The quantitative estimate of drug-likeness (QED) is 0.598. The smallest absolute Gasteiger partial charge is 0.226 e. The summed E-state index contributed by atoms with van der Waals surface area (Å²) in [6.45, 7) is 5.81. The van der Waals surface area contributed by atoms with Crippen LogP contribution in [0.25, 0.3) is 10.9 Å². The Balaban J connectivity index is 1.36.